The maximum Gasteiger partial charge on any atom is 0.307 e. The monoisotopic (exact) mass is 308 g/mol. The van der Waals surface area contributed by atoms with Gasteiger partial charge in [-0.3, -0.25) is 14.4 Å². The van der Waals surface area contributed by atoms with Crippen LogP contribution in [0.1, 0.15) is 53.9 Å². The molecule has 1 aliphatic rings. The van der Waals surface area contributed by atoms with Crippen molar-refractivity contribution in [3.8, 4) is 0 Å². The van der Waals surface area contributed by atoms with Gasteiger partial charge in [0.15, 0.2) is 11.4 Å². The molecule has 0 aliphatic heterocycles. The lowest BCUT2D eigenvalue weighted by Crippen LogP contribution is -2.54. The fourth-order valence-corrected chi connectivity index (χ4v) is 3.14. The maximum absolute atomic E-state index is 12.5. The third-order valence-corrected chi connectivity index (χ3v) is 5.15. The molecule has 0 aromatic carbocycles. The highest BCUT2D eigenvalue weighted by Crippen LogP contribution is 2.40. The van der Waals surface area contributed by atoms with Gasteiger partial charge in [0.05, 0.1) is 6.42 Å². The Morgan fingerprint density at radius 1 is 1.36 bits per heavy atom. The smallest absolute Gasteiger partial charge is 0.307 e. The lowest BCUT2D eigenvalue weighted by atomic mass is 9.66. The standard InChI is InChI=1S/C18H28O4/c1-7-11(2)15(19)8-9-16(20)22-18(6)14(5)12(3)10-13(4)17(18)21/h7,11-14H,1,8-10H2,2-6H3/t11?,12?,13?,14?,18-/m1/s1. The van der Waals surface area contributed by atoms with E-state index in [9.17, 15) is 14.4 Å². The summed E-state index contributed by atoms with van der Waals surface area (Å²) in [5.74, 6) is -0.617. The lowest BCUT2D eigenvalue weighted by molar-refractivity contribution is -0.180. The van der Waals surface area contributed by atoms with Gasteiger partial charge in [-0.15, -0.1) is 6.58 Å². The van der Waals surface area contributed by atoms with Crippen LogP contribution in [0.4, 0.5) is 0 Å². The van der Waals surface area contributed by atoms with Gasteiger partial charge >= 0.3 is 5.97 Å². The van der Waals surface area contributed by atoms with Crippen molar-refractivity contribution < 1.29 is 19.1 Å². The summed E-state index contributed by atoms with van der Waals surface area (Å²) in [7, 11) is 0. The molecule has 0 amide bonds. The average Bonchev–Trinajstić information content (AvgIpc) is 2.48. The number of ether oxygens (including phenoxy) is 1. The quantitative estimate of drug-likeness (QED) is 0.558. The van der Waals surface area contributed by atoms with Gasteiger partial charge in [0.25, 0.3) is 0 Å². The molecule has 0 bridgehead atoms. The lowest BCUT2D eigenvalue weighted by Gasteiger charge is -2.43. The minimum absolute atomic E-state index is 0.00929. The normalized spacial score (nSPS) is 33.1. The van der Waals surface area contributed by atoms with Gasteiger partial charge in [0.2, 0.25) is 0 Å². The van der Waals surface area contributed by atoms with Crippen LogP contribution in [0.15, 0.2) is 12.7 Å². The highest BCUT2D eigenvalue weighted by molar-refractivity contribution is 5.92. The molecule has 0 saturated heterocycles. The molecule has 1 fully saturated rings. The first-order valence-corrected chi connectivity index (χ1v) is 8.04. The zero-order valence-corrected chi connectivity index (χ0v) is 14.3. The fraction of sp³-hybridized carbons (Fsp3) is 0.722. The number of ketones is 2. The van der Waals surface area contributed by atoms with Gasteiger partial charge in [-0.2, -0.15) is 0 Å². The molecule has 0 spiro atoms. The summed E-state index contributed by atoms with van der Waals surface area (Å²) in [4.78, 5) is 36.3. The molecule has 0 N–H and O–H groups in total. The van der Waals surface area contributed by atoms with Gasteiger partial charge in [0, 0.05) is 24.2 Å². The largest absolute Gasteiger partial charge is 0.451 e. The van der Waals surface area contributed by atoms with Gasteiger partial charge < -0.3 is 4.74 Å². The zero-order valence-electron chi connectivity index (χ0n) is 14.3. The summed E-state index contributed by atoms with van der Waals surface area (Å²) >= 11 is 0. The predicted octanol–water partition coefficient (Wildman–Crippen LogP) is 3.34. The molecule has 0 radical (unpaired) electrons. The van der Waals surface area contributed by atoms with E-state index in [1.165, 1.54) is 0 Å². The Morgan fingerprint density at radius 2 is 1.95 bits per heavy atom. The van der Waals surface area contributed by atoms with Gasteiger partial charge in [0.1, 0.15) is 5.78 Å². The first-order valence-electron chi connectivity index (χ1n) is 8.04. The Bertz CT molecular complexity index is 468. The number of esters is 1. The number of allylic oxidation sites excluding steroid dienone is 1. The molecule has 4 heteroatoms. The molecule has 5 atom stereocenters. The van der Waals surface area contributed by atoms with Crippen LogP contribution in [0.25, 0.3) is 0 Å². The van der Waals surface area contributed by atoms with Crippen molar-refractivity contribution in [1.82, 2.24) is 0 Å². The van der Waals surface area contributed by atoms with Crippen molar-refractivity contribution in [2.45, 2.75) is 59.5 Å². The molecule has 1 saturated carbocycles. The minimum Gasteiger partial charge on any atom is -0.451 e. The Kier molecular flexibility index (Phi) is 6.09. The highest BCUT2D eigenvalue weighted by atomic mass is 16.6. The fourth-order valence-electron chi connectivity index (χ4n) is 3.14. The summed E-state index contributed by atoms with van der Waals surface area (Å²) in [6.45, 7) is 12.9. The number of Topliss-reactive ketones (excluding diaryl/α,β-unsaturated/α-hetero) is 2. The molecule has 124 valence electrons. The number of carbonyl (C=O) groups is 3. The topological polar surface area (TPSA) is 60.4 Å². The van der Waals surface area contributed by atoms with Crippen molar-refractivity contribution in [2.24, 2.45) is 23.7 Å². The molecule has 0 heterocycles. The predicted molar refractivity (Wildman–Crippen MR) is 85.2 cm³/mol. The van der Waals surface area contributed by atoms with Crippen LogP contribution >= 0.6 is 0 Å². The maximum atomic E-state index is 12.5. The van der Waals surface area contributed by atoms with E-state index in [0.717, 1.165) is 6.42 Å². The van der Waals surface area contributed by atoms with E-state index >= 15 is 0 Å². The van der Waals surface area contributed by atoms with Crippen LogP contribution < -0.4 is 0 Å². The molecular formula is C18H28O4. The van der Waals surface area contributed by atoms with Crippen molar-refractivity contribution in [1.29, 1.82) is 0 Å². The van der Waals surface area contributed by atoms with E-state index in [-0.39, 0.29) is 42.2 Å². The molecule has 4 unspecified atom stereocenters. The molecule has 4 nitrogen and oxygen atoms in total. The van der Waals surface area contributed by atoms with Crippen LogP contribution in [0.2, 0.25) is 0 Å². The third-order valence-electron chi connectivity index (χ3n) is 5.15. The van der Waals surface area contributed by atoms with E-state index in [2.05, 4.69) is 13.5 Å². The first-order chi connectivity index (χ1) is 10.1. The SMILES string of the molecule is C=CC(C)C(=O)CCC(=O)O[C@@]1(C)C(=O)C(C)CC(C)C1C. The highest BCUT2D eigenvalue weighted by Gasteiger charge is 2.50. The molecule has 0 aromatic rings. The van der Waals surface area contributed by atoms with Crippen LogP contribution in [-0.4, -0.2) is 23.1 Å². The summed E-state index contributed by atoms with van der Waals surface area (Å²) in [5, 5.41) is 0. The second kappa shape index (κ2) is 7.21. The third kappa shape index (κ3) is 3.84. The van der Waals surface area contributed by atoms with Crippen LogP contribution in [0.5, 0.6) is 0 Å². The second-order valence-corrected chi connectivity index (χ2v) is 6.84. The Hall–Kier alpha value is -1.45. The molecule has 0 aromatic heterocycles. The van der Waals surface area contributed by atoms with Crippen LogP contribution in [0, 0.1) is 23.7 Å². The van der Waals surface area contributed by atoms with E-state index in [4.69, 9.17) is 4.74 Å². The number of carbonyl (C=O) groups excluding carboxylic acids is 3. The Labute approximate surface area is 133 Å². The zero-order chi connectivity index (χ0) is 17.1. The number of hydrogen-bond donors (Lipinski definition) is 0. The van der Waals surface area contributed by atoms with E-state index in [1.54, 1.807) is 19.9 Å². The summed E-state index contributed by atoms with van der Waals surface area (Å²) < 4.78 is 5.54. The first kappa shape index (κ1) is 18.6. The minimum atomic E-state index is -1.08. The van der Waals surface area contributed by atoms with E-state index < -0.39 is 11.6 Å². The summed E-state index contributed by atoms with van der Waals surface area (Å²) in [6.07, 6.45) is 2.51. The van der Waals surface area contributed by atoms with Crippen molar-refractivity contribution in [2.75, 3.05) is 0 Å². The van der Waals surface area contributed by atoms with E-state index in [0.29, 0.717) is 5.92 Å². The van der Waals surface area contributed by atoms with Crippen molar-refractivity contribution in [3.63, 3.8) is 0 Å². The van der Waals surface area contributed by atoms with Gasteiger partial charge in [-0.05, 0) is 19.3 Å². The second-order valence-electron chi connectivity index (χ2n) is 6.84. The van der Waals surface area contributed by atoms with Crippen LogP contribution in [-0.2, 0) is 19.1 Å². The van der Waals surface area contributed by atoms with Gasteiger partial charge in [-0.1, -0.05) is 33.8 Å². The average molecular weight is 308 g/mol. The molecule has 1 rings (SSSR count). The summed E-state index contributed by atoms with van der Waals surface area (Å²) in [6, 6.07) is 0. The number of rotatable bonds is 6. The Balaban J connectivity index is 2.70. The van der Waals surface area contributed by atoms with Crippen molar-refractivity contribution >= 4 is 17.5 Å². The molecular weight excluding hydrogens is 280 g/mol. The molecule has 1 aliphatic carbocycles. The van der Waals surface area contributed by atoms with Gasteiger partial charge in [-0.25, -0.2) is 0 Å². The Morgan fingerprint density at radius 3 is 2.50 bits per heavy atom. The van der Waals surface area contributed by atoms with Crippen molar-refractivity contribution in [3.05, 3.63) is 12.7 Å². The number of hydrogen-bond acceptors (Lipinski definition) is 4. The van der Waals surface area contributed by atoms with Crippen LogP contribution in [0.3, 0.4) is 0 Å². The van der Waals surface area contributed by atoms with E-state index in [1.807, 2.05) is 13.8 Å². The molecule has 22 heavy (non-hydrogen) atoms. The summed E-state index contributed by atoms with van der Waals surface area (Å²) in [5.41, 5.74) is -1.08.